The van der Waals surface area contributed by atoms with E-state index in [0.717, 1.165) is 56.5 Å². The summed E-state index contributed by atoms with van der Waals surface area (Å²) in [6.07, 6.45) is 17.4. The number of allylic oxidation sites excluding steroid dienone is 7. The second kappa shape index (κ2) is 11.8. The SMILES string of the molecule is C=CC(=C/Cc1nc(Cl)nc2c1sc1ccccc12)/C=C(\C=C)n1c2ccc(C=C)cc2c2c3c(c4sc5ccccc5c4c21)C=CCC3. The van der Waals surface area contributed by atoms with Gasteiger partial charge < -0.3 is 4.57 Å². The molecule has 0 aliphatic heterocycles. The molecule has 6 heteroatoms. The molecule has 0 saturated carbocycles. The van der Waals surface area contributed by atoms with Gasteiger partial charge in [0.1, 0.15) is 0 Å². The van der Waals surface area contributed by atoms with E-state index in [4.69, 9.17) is 11.6 Å². The van der Waals surface area contributed by atoms with Gasteiger partial charge in [0.15, 0.2) is 0 Å². The van der Waals surface area contributed by atoms with Gasteiger partial charge in [-0.2, -0.15) is 0 Å². The molecule has 0 spiro atoms. The minimum Gasteiger partial charge on any atom is -0.309 e. The van der Waals surface area contributed by atoms with E-state index in [0.29, 0.717) is 6.42 Å². The molecule has 8 aromatic rings. The number of thiophene rings is 2. The summed E-state index contributed by atoms with van der Waals surface area (Å²) in [6, 6.07) is 23.8. The molecule has 9 rings (SSSR count). The zero-order chi connectivity index (χ0) is 33.2. The molecule has 0 fully saturated rings. The van der Waals surface area contributed by atoms with Crippen LogP contribution in [0.2, 0.25) is 5.28 Å². The van der Waals surface area contributed by atoms with Gasteiger partial charge in [-0.3, -0.25) is 0 Å². The van der Waals surface area contributed by atoms with E-state index < -0.39 is 0 Å². The highest BCUT2D eigenvalue weighted by Crippen LogP contribution is 2.48. The zero-order valence-electron chi connectivity index (χ0n) is 26.7. The Morgan fingerprint density at radius 3 is 2.43 bits per heavy atom. The van der Waals surface area contributed by atoms with Crippen LogP contribution in [0.4, 0.5) is 0 Å². The molecule has 0 atom stereocenters. The number of fused-ring (bicyclic) bond motifs is 13. The number of nitrogens with zero attached hydrogens (tertiary/aromatic N) is 3. The zero-order valence-corrected chi connectivity index (χ0v) is 29.1. The molecular formula is C43H30ClN3S2. The molecule has 0 radical (unpaired) electrons. The molecule has 4 heterocycles. The van der Waals surface area contributed by atoms with E-state index >= 15 is 0 Å². The Hall–Kier alpha value is -5.07. The molecular weight excluding hydrogens is 658 g/mol. The summed E-state index contributed by atoms with van der Waals surface area (Å²) >= 11 is 10.1. The molecule has 4 aromatic carbocycles. The Morgan fingerprint density at radius 1 is 0.857 bits per heavy atom. The molecule has 0 N–H and O–H groups in total. The van der Waals surface area contributed by atoms with Crippen molar-refractivity contribution in [2.45, 2.75) is 19.3 Å². The first-order valence-corrected chi connectivity index (χ1v) is 18.3. The summed E-state index contributed by atoms with van der Waals surface area (Å²) in [4.78, 5) is 9.27. The number of aromatic nitrogens is 3. The molecule has 0 unspecified atom stereocenters. The maximum atomic E-state index is 6.47. The smallest absolute Gasteiger partial charge is 0.223 e. The lowest BCUT2D eigenvalue weighted by Crippen LogP contribution is -1.99. The summed E-state index contributed by atoms with van der Waals surface area (Å²) in [5, 5.41) is 6.47. The first kappa shape index (κ1) is 30.0. The van der Waals surface area contributed by atoms with Crippen LogP contribution in [-0.2, 0) is 12.8 Å². The van der Waals surface area contributed by atoms with E-state index in [2.05, 4.69) is 119 Å². The lowest BCUT2D eigenvalue weighted by molar-refractivity contribution is 1.00. The Labute approximate surface area is 296 Å². The van der Waals surface area contributed by atoms with Crippen molar-refractivity contribution in [3.05, 3.63) is 150 Å². The minimum atomic E-state index is 0.260. The van der Waals surface area contributed by atoms with Crippen LogP contribution in [-0.4, -0.2) is 14.5 Å². The standard InChI is InChI=1S/C43H30ClN3S2/c1-4-25(19-21-33-42-39(46-43(44)45-33)31-16-10-12-18-36(31)49-42)23-27(6-3)47-34-22-20-26(5-2)24-32(34)37-28-13-7-8-14-29(28)41-38(40(37)47)30-15-9-11-17-35(30)48-41/h4-6,8-12,14-20,22-24H,1-3,7,13,21H2/b25-19-,27-23+. The Balaban J connectivity index is 1.30. The monoisotopic (exact) mass is 687 g/mol. The fourth-order valence-corrected chi connectivity index (χ4v) is 9.99. The quantitative estimate of drug-likeness (QED) is 0.123. The van der Waals surface area contributed by atoms with Crippen molar-refractivity contribution in [3.63, 3.8) is 0 Å². The number of benzene rings is 4. The fraction of sp³-hybridized carbons (Fsp3) is 0.0698. The van der Waals surface area contributed by atoms with Gasteiger partial charge >= 0.3 is 0 Å². The van der Waals surface area contributed by atoms with E-state index in [1.54, 1.807) is 11.3 Å². The van der Waals surface area contributed by atoms with Gasteiger partial charge in [0.05, 0.1) is 26.9 Å². The lowest BCUT2D eigenvalue weighted by atomic mass is 9.90. The third kappa shape index (κ3) is 4.68. The predicted octanol–water partition coefficient (Wildman–Crippen LogP) is 13.0. The summed E-state index contributed by atoms with van der Waals surface area (Å²) < 4.78 is 7.27. The molecule has 0 amide bonds. The van der Waals surface area contributed by atoms with Crippen LogP contribution in [0.25, 0.3) is 80.1 Å². The van der Waals surface area contributed by atoms with Crippen LogP contribution in [0, 0.1) is 0 Å². The normalized spacial score (nSPS) is 13.7. The molecule has 1 aliphatic carbocycles. The van der Waals surface area contributed by atoms with Crippen molar-refractivity contribution in [2.24, 2.45) is 0 Å². The van der Waals surface area contributed by atoms with Crippen LogP contribution < -0.4 is 0 Å². The van der Waals surface area contributed by atoms with Crippen LogP contribution in [0.3, 0.4) is 0 Å². The van der Waals surface area contributed by atoms with E-state index in [1.165, 1.54) is 52.3 Å². The highest BCUT2D eigenvalue weighted by atomic mass is 35.5. The lowest BCUT2D eigenvalue weighted by Gasteiger charge is -2.16. The van der Waals surface area contributed by atoms with Crippen molar-refractivity contribution in [2.75, 3.05) is 0 Å². The Kier molecular flexibility index (Phi) is 7.24. The summed E-state index contributed by atoms with van der Waals surface area (Å²) in [5.41, 5.74) is 10.0. The molecule has 49 heavy (non-hydrogen) atoms. The highest BCUT2D eigenvalue weighted by Gasteiger charge is 2.25. The second-order valence-electron chi connectivity index (χ2n) is 12.3. The van der Waals surface area contributed by atoms with Crippen molar-refractivity contribution >= 4 is 114 Å². The predicted molar refractivity (Wildman–Crippen MR) is 216 cm³/mol. The van der Waals surface area contributed by atoms with Gasteiger partial charge in [-0.1, -0.05) is 92.6 Å². The van der Waals surface area contributed by atoms with E-state index in [1.807, 2.05) is 35.6 Å². The highest BCUT2D eigenvalue weighted by molar-refractivity contribution is 7.26. The van der Waals surface area contributed by atoms with Crippen molar-refractivity contribution in [1.82, 2.24) is 14.5 Å². The third-order valence-electron chi connectivity index (χ3n) is 9.59. The van der Waals surface area contributed by atoms with Crippen LogP contribution >= 0.6 is 34.3 Å². The first-order valence-electron chi connectivity index (χ1n) is 16.3. The number of rotatable bonds is 7. The largest absolute Gasteiger partial charge is 0.309 e. The van der Waals surface area contributed by atoms with Gasteiger partial charge in [-0.05, 0) is 83.1 Å². The number of hydrogen-bond donors (Lipinski definition) is 0. The minimum absolute atomic E-state index is 0.260. The summed E-state index contributed by atoms with van der Waals surface area (Å²) in [7, 11) is 0. The van der Waals surface area contributed by atoms with Crippen LogP contribution in [0.1, 0.15) is 28.8 Å². The summed E-state index contributed by atoms with van der Waals surface area (Å²) in [5.74, 6) is 0. The maximum Gasteiger partial charge on any atom is 0.223 e. The second-order valence-corrected chi connectivity index (χ2v) is 14.7. The van der Waals surface area contributed by atoms with Gasteiger partial charge in [-0.15, -0.1) is 22.7 Å². The average Bonchev–Trinajstić information content (AvgIpc) is 3.81. The molecule has 0 bridgehead atoms. The topological polar surface area (TPSA) is 30.7 Å². The van der Waals surface area contributed by atoms with Gasteiger partial charge in [0.2, 0.25) is 5.28 Å². The van der Waals surface area contributed by atoms with Crippen molar-refractivity contribution < 1.29 is 0 Å². The average molecular weight is 688 g/mol. The third-order valence-corrected chi connectivity index (χ3v) is 12.2. The van der Waals surface area contributed by atoms with E-state index in [9.17, 15) is 0 Å². The van der Waals surface area contributed by atoms with E-state index in [-0.39, 0.29) is 5.28 Å². The van der Waals surface area contributed by atoms with Crippen molar-refractivity contribution in [1.29, 1.82) is 0 Å². The number of halogens is 1. The molecule has 236 valence electrons. The number of aryl methyl sites for hydroxylation is 1. The fourth-order valence-electron chi connectivity index (χ4n) is 7.41. The molecule has 4 aromatic heterocycles. The van der Waals surface area contributed by atoms with Gasteiger partial charge in [-0.25, -0.2) is 9.97 Å². The van der Waals surface area contributed by atoms with Crippen LogP contribution in [0.5, 0.6) is 0 Å². The van der Waals surface area contributed by atoms with Crippen LogP contribution in [0.15, 0.2) is 122 Å². The van der Waals surface area contributed by atoms with Crippen molar-refractivity contribution in [3.8, 4) is 0 Å². The van der Waals surface area contributed by atoms with Gasteiger partial charge in [0.25, 0.3) is 0 Å². The maximum absolute atomic E-state index is 6.47. The molecule has 3 nitrogen and oxygen atoms in total. The Bertz CT molecular complexity index is 2820. The summed E-state index contributed by atoms with van der Waals surface area (Å²) in [6.45, 7) is 12.7. The first-order chi connectivity index (χ1) is 24.1. The Morgan fingerprint density at radius 2 is 1.63 bits per heavy atom. The number of hydrogen-bond acceptors (Lipinski definition) is 4. The molecule has 0 saturated heterocycles. The van der Waals surface area contributed by atoms with Gasteiger partial charge in [0, 0.05) is 53.1 Å². The molecule has 1 aliphatic rings.